The van der Waals surface area contributed by atoms with Crippen molar-refractivity contribution in [1.82, 2.24) is 14.8 Å². The molecule has 1 unspecified atom stereocenters. The number of carbonyl (C=O) groups excluding carboxylic acids is 2. The number of aromatic nitrogens is 1. The van der Waals surface area contributed by atoms with Gasteiger partial charge in [-0.15, -0.1) is 0 Å². The summed E-state index contributed by atoms with van der Waals surface area (Å²) in [5, 5.41) is 4.32. The average molecular weight is 493 g/mol. The number of amides is 2. The van der Waals surface area contributed by atoms with Crippen LogP contribution < -0.4 is 10.2 Å². The molecule has 1 aromatic heterocycles. The Bertz CT molecular complexity index is 1460. The largest absolute Gasteiger partial charge is 0.356 e. The third-order valence-corrected chi connectivity index (χ3v) is 7.77. The Balaban J connectivity index is 1.24. The summed E-state index contributed by atoms with van der Waals surface area (Å²) in [6.45, 7) is 1.93. The number of para-hydroxylation sites is 2. The van der Waals surface area contributed by atoms with E-state index in [-0.39, 0.29) is 18.0 Å². The molecule has 0 aliphatic carbocycles. The Morgan fingerprint density at radius 3 is 2.59 bits per heavy atom. The van der Waals surface area contributed by atoms with E-state index in [1.54, 1.807) is 0 Å². The minimum absolute atomic E-state index is 0.0608. The number of fused-ring (bicyclic) bond motifs is 6. The number of nitrogens with zero attached hydrogens (tertiary/aromatic N) is 3. The van der Waals surface area contributed by atoms with E-state index in [4.69, 9.17) is 0 Å². The van der Waals surface area contributed by atoms with E-state index in [1.807, 2.05) is 47.4 Å². The summed E-state index contributed by atoms with van der Waals surface area (Å²) in [5.41, 5.74) is 6.55. The highest BCUT2D eigenvalue weighted by Crippen LogP contribution is 2.44. The highest BCUT2D eigenvalue weighted by molar-refractivity contribution is 6.02. The normalized spacial score (nSPS) is 16.4. The maximum absolute atomic E-state index is 13.5. The molecule has 0 saturated carbocycles. The lowest BCUT2D eigenvalue weighted by atomic mass is 9.96. The second kappa shape index (κ2) is 9.77. The number of aryl methyl sites for hydroxylation is 2. The zero-order valence-electron chi connectivity index (χ0n) is 21.2. The summed E-state index contributed by atoms with van der Waals surface area (Å²) in [6.07, 6.45) is 2.90. The van der Waals surface area contributed by atoms with Crippen LogP contribution in [0.3, 0.4) is 0 Å². The van der Waals surface area contributed by atoms with Crippen molar-refractivity contribution in [1.29, 1.82) is 0 Å². The molecule has 2 aliphatic heterocycles. The lowest BCUT2D eigenvalue weighted by Crippen LogP contribution is -2.51. The number of anilines is 1. The van der Waals surface area contributed by atoms with Gasteiger partial charge in [0.05, 0.1) is 16.9 Å². The molecule has 6 nitrogen and oxygen atoms in total. The van der Waals surface area contributed by atoms with Crippen molar-refractivity contribution in [2.75, 3.05) is 25.0 Å². The first-order valence-corrected chi connectivity index (χ1v) is 13.2. The van der Waals surface area contributed by atoms with Crippen LogP contribution in [0.4, 0.5) is 5.69 Å². The van der Waals surface area contributed by atoms with Gasteiger partial charge in [-0.3, -0.25) is 9.59 Å². The first kappa shape index (κ1) is 23.3. The summed E-state index contributed by atoms with van der Waals surface area (Å²) in [4.78, 5) is 30.5. The third kappa shape index (κ3) is 4.16. The average Bonchev–Trinajstić information content (AvgIpc) is 3.27. The first-order valence-electron chi connectivity index (χ1n) is 13.2. The highest BCUT2D eigenvalue weighted by Gasteiger charge is 2.42. The molecular weight excluding hydrogens is 460 g/mol. The maximum atomic E-state index is 13.5. The van der Waals surface area contributed by atoms with Crippen molar-refractivity contribution in [3.63, 3.8) is 0 Å². The molecule has 6 rings (SSSR count). The van der Waals surface area contributed by atoms with Crippen LogP contribution >= 0.6 is 0 Å². The Morgan fingerprint density at radius 2 is 1.73 bits per heavy atom. The molecule has 4 aromatic rings. The van der Waals surface area contributed by atoms with Crippen LogP contribution in [0.1, 0.15) is 46.2 Å². The minimum atomic E-state index is -0.188. The molecule has 3 heterocycles. The predicted octanol–water partition coefficient (Wildman–Crippen LogP) is 4.93. The lowest BCUT2D eigenvalue weighted by molar-refractivity contribution is -0.121. The molecule has 37 heavy (non-hydrogen) atoms. The molecule has 0 fully saturated rings. The van der Waals surface area contributed by atoms with E-state index < -0.39 is 0 Å². The van der Waals surface area contributed by atoms with Gasteiger partial charge >= 0.3 is 0 Å². The van der Waals surface area contributed by atoms with E-state index >= 15 is 0 Å². The number of hydrogen-bond acceptors (Lipinski definition) is 3. The first-order chi connectivity index (χ1) is 18.1. The Morgan fingerprint density at radius 1 is 0.973 bits per heavy atom. The van der Waals surface area contributed by atoms with Gasteiger partial charge in [0.2, 0.25) is 5.91 Å². The van der Waals surface area contributed by atoms with Crippen molar-refractivity contribution in [2.45, 2.75) is 38.4 Å². The Hall–Kier alpha value is -4.06. The van der Waals surface area contributed by atoms with Crippen molar-refractivity contribution in [3.05, 3.63) is 101 Å². The number of hydrogen-bond donors (Lipinski definition) is 1. The van der Waals surface area contributed by atoms with Gasteiger partial charge in [-0.25, -0.2) is 0 Å². The van der Waals surface area contributed by atoms with Crippen molar-refractivity contribution >= 4 is 28.4 Å². The second-order valence-corrected chi connectivity index (χ2v) is 9.97. The fourth-order valence-electron chi connectivity index (χ4n) is 6.02. The van der Waals surface area contributed by atoms with E-state index in [0.29, 0.717) is 26.1 Å². The third-order valence-electron chi connectivity index (χ3n) is 7.77. The summed E-state index contributed by atoms with van der Waals surface area (Å²) >= 11 is 0. The van der Waals surface area contributed by atoms with Gasteiger partial charge < -0.3 is 19.7 Å². The number of nitrogens with one attached hydrogen (secondary N) is 1. The molecule has 0 bridgehead atoms. The van der Waals surface area contributed by atoms with Gasteiger partial charge in [0.1, 0.15) is 6.17 Å². The molecule has 0 radical (unpaired) electrons. The SMILES string of the molecule is CN1c2ccccc2C(=O)N2CCc3c(n(CCC(=O)NCCCc4ccccc4)c4ccccc34)C21. The van der Waals surface area contributed by atoms with Gasteiger partial charge in [-0.1, -0.05) is 60.7 Å². The summed E-state index contributed by atoms with van der Waals surface area (Å²) in [5.74, 6) is 0.142. The van der Waals surface area contributed by atoms with E-state index in [1.165, 1.54) is 16.5 Å². The molecule has 188 valence electrons. The van der Waals surface area contributed by atoms with Crippen LogP contribution in [0.5, 0.6) is 0 Å². The highest BCUT2D eigenvalue weighted by atomic mass is 16.2. The van der Waals surface area contributed by atoms with Crippen LogP contribution in [0, 0.1) is 0 Å². The molecule has 1 atom stereocenters. The van der Waals surface area contributed by atoms with Crippen LogP contribution in [-0.2, 0) is 24.2 Å². The number of rotatable bonds is 7. The molecule has 6 heteroatoms. The van der Waals surface area contributed by atoms with Gasteiger partial charge in [0, 0.05) is 44.0 Å². The van der Waals surface area contributed by atoms with Crippen LogP contribution in [0.25, 0.3) is 10.9 Å². The standard InChI is InChI=1S/C31H32N4O2/c1-33-26-15-7-6-14-25(26)31(37)35-20-17-24-23-13-5-8-16-27(23)34(29(24)30(33)35)21-18-28(36)32-19-9-12-22-10-3-2-4-11-22/h2-8,10-11,13-16,30H,9,12,17-21H2,1H3,(H,32,36). The fraction of sp³-hybridized carbons (Fsp3) is 0.290. The Labute approximate surface area is 217 Å². The molecule has 3 aromatic carbocycles. The maximum Gasteiger partial charge on any atom is 0.257 e. The summed E-state index contributed by atoms with van der Waals surface area (Å²) in [6, 6.07) is 26.6. The Kier molecular flexibility index (Phi) is 6.16. The van der Waals surface area contributed by atoms with Crippen LogP contribution in [0.15, 0.2) is 78.9 Å². The van der Waals surface area contributed by atoms with E-state index in [2.05, 4.69) is 58.2 Å². The quantitative estimate of drug-likeness (QED) is 0.372. The monoisotopic (exact) mass is 492 g/mol. The topological polar surface area (TPSA) is 57.6 Å². The van der Waals surface area contributed by atoms with Crippen LogP contribution in [-0.4, -0.2) is 41.4 Å². The zero-order chi connectivity index (χ0) is 25.4. The summed E-state index contributed by atoms with van der Waals surface area (Å²) in [7, 11) is 2.07. The van der Waals surface area contributed by atoms with E-state index in [9.17, 15) is 9.59 Å². The van der Waals surface area contributed by atoms with Gasteiger partial charge in [0.25, 0.3) is 5.91 Å². The number of carbonyl (C=O) groups is 2. The van der Waals surface area contributed by atoms with Crippen LogP contribution in [0.2, 0.25) is 0 Å². The zero-order valence-corrected chi connectivity index (χ0v) is 21.2. The molecule has 2 amide bonds. The van der Waals surface area contributed by atoms with Crippen molar-refractivity contribution < 1.29 is 9.59 Å². The molecule has 0 spiro atoms. The van der Waals surface area contributed by atoms with Crippen molar-refractivity contribution in [3.8, 4) is 0 Å². The van der Waals surface area contributed by atoms with Gasteiger partial charge in [0.15, 0.2) is 0 Å². The predicted molar refractivity (Wildman–Crippen MR) is 147 cm³/mol. The number of benzene rings is 3. The van der Waals surface area contributed by atoms with Crippen molar-refractivity contribution in [2.24, 2.45) is 0 Å². The molecular formula is C31H32N4O2. The van der Waals surface area contributed by atoms with Gasteiger partial charge in [-0.2, -0.15) is 0 Å². The van der Waals surface area contributed by atoms with Gasteiger partial charge in [-0.05, 0) is 48.6 Å². The molecule has 1 N–H and O–H groups in total. The second-order valence-electron chi connectivity index (χ2n) is 9.97. The smallest absolute Gasteiger partial charge is 0.257 e. The minimum Gasteiger partial charge on any atom is -0.356 e. The van der Waals surface area contributed by atoms with E-state index in [0.717, 1.165) is 41.7 Å². The summed E-state index contributed by atoms with van der Waals surface area (Å²) < 4.78 is 2.28. The molecule has 2 aliphatic rings. The molecule has 0 saturated heterocycles. The lowest BCUT2D eigenvalue weighted by Gasteiger charge is -2.46. The fourth-order valence-corrected chi connectivity index (χ4v) is 6.02.